The fourth-order valence-corrected chi connectivity index (χ4v) is 2.70. The summed E-state index contributed by atoms with van der Waals surface area (Å²) >= 11 is 0. The van der Waals surface area contributed by atoms with Crippen LogP contribution in [-0.4, -0.2) is 40.9 Å². The summed E-state index contributed by atoms with van der Waals surface area (Å²) in [5.74, 6) is -0.372. The second-order valence-corrected chi connectivity index (χ2v) is 7.61. The molecule has 1 amide bonds. The van der Waals surface area contributed by atoms with Gasteiger partial charge in [-0.1, -0.05) is 30.3 Å². The number of ether oxygens (including phenoxy) is 3. The molecule has 0 unspecified atom stereocenters. The largest absolute Gasteiger partial charge is 0.461 e. The van der Waals surface area contributed by atoms with E-state index in [2.05, 4.69) is 0 Å². The molecule has 1 aliphatic heterocycles. The number of rotatable bonds is 4. The van der Waals surface area contributed by atoms with E-state index in [1.165, 1.54) is 4.90 Å². The zero-order valence-electron chi connectivity index (χ0n) is 15.6. The molecule has 6 nitrogen and oxygen atoms in total. The zero-order chi connectivity index (χ0) is 18.7. The molecule has 0 bridgehead atoms. The van der Waals surface area contributed by atoms with Crippen molar-refractivity contribution in [2.45, 2.75) is 65.0 Å². The fraction of sp³-hybridized carbons (Fsp3) is 0.579. The van der Waals surface area contributed by atoms with Gasteiger partial charge in [0.1, 0.15) is 17.9 Å². The van der Waals surface area contributed by atoms with Gasteiger partial charge in [0, 0.05) is 0 Å². The highest BCUT2D eigenvalue weighted by Gasteiger charge is 2.46. The minimum absolute atomic E-state index is 0.0650. The van der Waals surface area contributed by atoms with E-state index in [9.17, 15) is 9.59 Å². The summed E-state index contributed by atoms with van der Waals surface area (Å²) in [6.07, 6.45) is -0.425. The van der Waals surface area contributed by atoms with Crippen molar-refractivity contribution in [3.05, 3.63) is 35.9 Å². The molecular formula is C19H27NO5. The number of nitrogens with zero attached hydrogens (tertiary/aromatic N) is 1. The van der Waals surface area contributed by atoms with Gasteiger partial charge in [0.15, 0.2) is 0 Å². The molecule has 1 aliphatic rings. The first-order valence-corrected chi connectivity index (χ1v) is 8.44. The molecule has 1 atom stereocenters. The second-order valence-electron chi connectivity index (χ2n) is 7.61. The highest BCUT2D eigenvalue weighted by atomic mass is 16.6. The molecule has 0 radical (unpaired) electrons. The van der Waals surface area contributed by atoms with Crippen LogP contribution < -0.4 is 0 Å². The predicted molar refractivity (Wildman–Crippen MR) is 92.7 cm³/mol. The van der Waals surface area contributed by atoms with Gasteiger partial charge in [-0.25, -0.2) is 4.79 Å². The van der Waals surface area contributed by atoms with Crippen molar-refractivity contribution in [3.8, 4) is 0 Å². The highest BCUT2D eigenvalue weighted by Crippen LogP contribution is 2.31. The first-order chi connectivity index (χ1) is 11.6. The zero-order valence-corrected chi connectivity index (χ0v) is 15.6. The van der Waals surface area contributed by atoms with E-state index in [1.54, 1.807) is 34.6 Å². The van der Waals surface area contributed by atoms with Gasteiger partial charge in [-0.05, 0) is 40.2 Å². The molecule has 0 aliphatic carbocycles. The van der Waals surface area contributed by atoms with Crippen molar-refractivity contribution >= 4 is 12.1 Å². The van der Waals surface area contributed by atoms with E-state index in [1.807, 2.05) is 30.3 Å². The summed E-state index contributed by atoms with van der Waals surface area (Å²) < 4.78 is 16.4. The molecule has 6 heteroatoms. The highest BCUT2D eigenvalue weighted by molar-refractivity contribution is 5.74. The van der Waals surface area contributed by atoms with E-state index >= 15 is 0 Å². The summed E-state index contributed by atoms with van der Waals surface area (Å²) in [5, 5.41) is 0. The Kier molecular flexibility index (Phi) is 5.72. The van der Waals surface area contributed by atoms with Crippen molar-refractivity contribution in [2.75, 3.05) is 6.61 Å². The lowest BCUT2D eigenvalue weighted by molar-refractivity contribution is -0.146. The van der Waals surface area contributed by atoms with Crippen LogP contribution in [0.15, 0.2) is 30.3 Å². The maximum atomic E-state index is 12.5. The van der Waals surface area contributed by atoms with Gasteiger partial charge in [-0.15, -0.1) is 0 Å². The Balaban J connectivity index is 1.97. The molecule has 2 rings (SSSR count). The molecule has 1 aromatic rings. The topological polar surface area (TPSA) is 65.1 Å². The third kappa shape index (κ3) is 5.46. The summed E-state index contributed by atoms with van der Waals surface area (Å²) in [6, 6.07) is 9.06. The van der Waals surface area contributed by atoms with Crippen LogP contribution >= 0.6 is 0 Å². The van der Waals surface area contributed by atoms with Gasteiger partial charge in [0.05, 0.1) is 19.1 Å². The molecule has 0 spiro atoms. The molecule has 0 aromatic heterocycles. The Hall–Kier alpha value is -2.08. The molecule has 1 heterocycles. The minimum atomic E-state index is -0.827. The van der Waals surface area contributed by atoms with Crippen LogP contribution in [0.2, 0.25) is 0 Å². The van der Waals surface area contributed by atoms with Crippen LogP contribution in [0.4, 0.5) is 4.79 Å². The van der Waals surface area contributed by atoms with Gasteiger partial charge < -0.3 is 14.2 Å². The number of hydrogen-bond donors (Lipinski definition) is 0. The Morgan fingerprint density at radius 3 is 2.48 bits per heavy atom. The number of carbonyl (C=O) groups excluding carboxylic acids is 2. The first-order valence-electron chi connectivity index (χ1n) is 8.44. The van der Waals surface area contributed by atoms with Gasteiger partial charge >= 0.3 is 12.1 Å². The van der Waals surface area contributed by atoms with E-state index in [4.69, 9.17) is 14.2 Å². The number of amides is 1. The van der Waals surface area contributed by atoms with Gasteiger partial charge in [0.25, 0.3) is 0 Å². The average Bonchev–Trinajstić information content (AvgIpc) is 2.79. The lowest BCUT2D eigenvalue weighted by Gasteiger charge is -2.34. The lowest BCUT2D eigenvalue weighted by atomic mass is 10.1. The number of carbonyl (C=O) groups is 2. The van der Waals surface area contributed by atoms with Crippen molar-refractivity contribution in [3.63, 3.8) is 0 Å². The van der Waals surface area contributed by atoms with Gasteiger partial charge in [-0.3, -0.25) is 9.69 Å². The van der Waals surface area contributed by atoms with Crippen molar-refractivity contribution in [2.24, 2.45) is 0 Å². The summed E-state index contributed by atoms with van der Waals surface area (Å²) in [6.45, 7) is 9.46. The van der Waals surface area contributed by atoms with Crippen molar-refractivity contribution in [1.29, 1.82) is 0 Å². The van der Waals surface area contributed by atoms with Crippen molar-refractivity contribution < 1.29 is 23.8 Å². The Morgan fingerprint density at radius 2 is 1.88 bits per heavy atom. The third-order valence-electron chi connectivity index (χ3n) is 3.81. The Morgan fingerprint density at radius 1 is 1.24 bits per heavy atom. The molecule has 0 saturated carbocycles. The van der Waals surface area contributed by atoms with Crippen LogP contribution in [0.3, 0.4) is 0 Å². The summed E-state index contributed by atoms with van der Waals surface area (Å²) in [4.78, 5) is 26.2. The van der Waals surface area contributed by atoms with E-state index in [0.29, 0.717) is 0 Å². The maximum absolute atomic E-state index is 12.5. The molecular weight excluding hydrogens is 322 g/mol. The quantitative estimate of drug-likeness (QED) is 0.779. The van der Waals surface area contributed by atoms with Crippen LogP contribution in [0.25, 0.3) is 0 Å². The van der Waals surface area contributed by atoms with Crippen LogP contribution in [0.1, 0.15) is 46.6 Å². The molecule has 25 heavy (non-hydrogen) atoms. The minimum Gasteiger partial charge on any atom is -0.461 e. The van der Waals surface area contributed by atoms with Crippen LogP contribution in [0.5, 0.6) is 0 Å². The normalized spacial score (nSPS) is 19.6. The van der Waals surface area contributed by atoms with E-state index in [-0.39, 0.29) is 25.6 Å². The van der Waals surface area contributed by atoms with Gasteiger partial charge in [-0.2, -0.15) is 0 Å². The number of esters is 1. The second kappa shape index (κ2) is 7.44. The molecule has 1 fully saturated rings. The number of benzene rings is 1. The monoisotopic (exact) mass is 349 g/mol. The van der Waals surface area contributed by atoms with Crippen LogP contribution in [0, 0.1) is 0 Å². The smallest absolute Gasteiger partial charge is 0.412 e. The number of hydrogen-bond acceptors (Lipinski definition) is 5. The van der Waals surface area contributed by atoms with E-state index in [0.717, 1.165) is 5.56 Å². The van der Waals surface area contributed by atoms with Crippen LogP contribution in [-0.2, 0) is 25.6 Å². The molecule has 1 saturated heterocycles. The molecule has 1 aromatic carbocycles. The predicted octanol–water partition coefficient (Wildman–Crippen LogP) is 3.49. The first kappa shape index (κ1) is 19.2. The summed E-state index contributed by atoms with van der Waals surface area (Å²) in [5.41, 5.74) is -0.524. The van der Waals surface area contributed by atoms with Crippen molar-refractivity contribution in [1.82, 2.24) is 4.90 Å². The lowest BCUT2D eigenvalue weighted by Crippen LogP contribution is -2.50. The molecule has 0 N–H and O–H groups in total. The Bertz CT molecular complexity index is 606. The average molecular weight is 349 g/mol. The maximum Gasteiger partial charge on any atom is 0.412 e. The SMILES string of the molecule is CC(C)(C)OC(=O)N1[C@@H](CC(=O)OCc2ccccc2)COC1(C)C. The van der Waals surface area contributed by atoms with E-state index < -0.39 is 23.5 Å². The fourth-order valence-electron chi connectivity index (χ4n) is 2.70. The van der Waals surface area contributed by atoms with Gasteiger partial charge in [0.2, 0.25) is 0 Å². The molecule has 138 valence electrons. The standard InChI is InChI=1S/C19H27NO5/c1-18(2,3)25-17(22)20-15(13-24-19(20,4)5)11-16(21)23-12-14-9-7-6-8-10-14/h6-10,15H,11-13H2,1-5H3/t15-/m0/s1. The summed E-state index contributed by atoms with van der Waals surface area (Å²) in [7, 11) is 0. The Labute approximate surface area is 149 Å². The third-order valence-corrected chi connectivity index (χ3v) is 3.81.